The summed E-state index contributed by atoms with van der Waals surface area (Å²) in [5.74, 6) is 2.14. The Hall–Kier alpha value is -3.06. The van der Waals surface area contributed by atoms with Gasteiger partial charge < -0.3 is 14.6 Å². The van der Waals surface area contributed by atoms with Crippen molar-refractivity contribution in [3.8, 4) is 5.75 Å². The molecular formula is C23H26N4O2S. The molecule has 0 fully saturated rings. The van der Waals surface area contributed by atoms with Crippen LogP contribution in [0.2, 0.25) is 0 Å². The van der Waals surface area contributed by atoms with Crippen LogP contribution in [-0.4, -0.2) is 27.8 Å². The third-order valence-corrected chi connectivity index (χ3v) is 5.84. The molecule has 0 aliphatic heterocycles. The minimum absolute atomic E-state index is 0.185. The normalized spacial score (nSPS) is 12.1. The monoisotopic (exact) mass is 422 g/mol. The number of amides is 1. The maximum absolute atomic E-state index is 12.3. The molecule has 6 nitrogen and oxygen atoms in total. The molecule has 0 spiro atoms. The van der Waals surface area contributed by atoms with Crippen LogP contribution in [0.3, 0.4) is 0 Å². The average molecular weight is 423 g/mol. The van der Waals surface area contributed by atoms with Gasteiger partial charge in [-0.2, -0.15) is 0 Å². The van der Waals surface area contributed by atoms with Crippen molar-refractivity contribution in [1.29, 1.82) is 0 Å². The molecule has 1 amide bonds. The highest BCUT2D eigenvalue weighted by molar-refractivity contribution is 7.98. The van der Waals surface area contributed by atoms with Crippen LogP contribution in [0.15, 0.2) is 59.8 Å². The van der Waals surface area contributed by atoms with Gasteiger partial charge in [0, 0.05) is 18.9 Å². The van der Waals surface area contributed by atoms with Crippen LogP contribution in [0.4, 0.5) is 0 Å². The Morgan fingerprint density at radius 1 is 1.20 bits per heavy atom. The van der Waals surface area contributed by atoms with Gasteiger partial charge in [0.2, 0.25) is 5.91 Å². The quantitative estimate of drug-likeness (QED) is 0.433. The number of hydrogen-bond acceptors (Lipinski definition) is 5. The number of nitrogens with zero attached hydrogens (tertiary/aromatic N) is 3. The molecule has 0 aliphatic carbocycles. The molecule has 1 aromatic heterocycles. The lowest BCUT2D eigenvalue weighted by molar-refractivity contribution is -0.117. The van der Waals surface area contributed by atoms with Crippen molar-refractivity contribution in [2.75, 3.05) is 7.11 Å². The minimum Gasteiger partial charge on any atom is -0.497 e. The van der Waals surface area contributed by atoms with Gasteiger partial charge in [-0.05, 0) is 48.7 Å². The van der Waals surface area contributed by atoms with E-state index in [-0.39, 0.29) is 11.9 Å². The molecule has 0 bridgehead atoms. The highest BCUT2D eigenvalue weighted by Crippen LogP contribution is 2.24. The summed E-state index contributed by atoms with van der Waals surface area (Å²) in [5.41, 5.74) is 3.46. The summed E-state index contributed by atoms with van der Waals surface area (Å²) in [6.45, 7) is 4.01. The molecule has 3 rings (SSSR count). The van der Waals surface area contributed by atoms with E-state index in [1.807, 2.05) is 54.9 Å². The largest absolute Gasteiger partial charge is 0.497 e. The van der Waals surface area contributed by atoms with Crippen LogP contribution in [0, 0.1) is 6.92 Å². The molecule has 0 aliphatic rings. The van der Waals surface area contributed by atoms with Gasteiger partial charge in [-0.25, -0.2) is 0 Å². The topological polar surface area (TPSA) is 69.0 Å². The van der Waals surface area contributed by atoms with Gasteiger partial charge in [0.05, 0.1) is 13.2 Å². The Bertz CT molecular complexity index is 1030. The number of ether oxygens (including phenoxy) is 1. The molecule has 30 heavy (non-hydrogen) atoms. The van der Waals surface area contributed by atoms with Crippen molar-refractivity contribution in [2.24, 2.45) is 7.05 Å². The maximum atomic E-state index is 12.3. The van der Waals surface area contributed by atoms with Crippen LogP contribution < -0.4 is 10.1 Å². The maximum Gasteiger partial charge on any atom is 0.244 e. The molecule has 1 heterocycles. The van der Waals surface area contributed by atoms with Crippen molar-refractivity contribution < 1.29 is 9.53 Å². The van der Waals surface area contributed by atoms with E-state index in [9.17, 15) is 4.79 Å². The number of hydrogen-bond donors (Lipinski definition) is 1. The lowest BCUT2D eigenvalue weighted by Crippen LogP contribution is -2.26. The second-order valence-corrected chi connectivity index (χ2v) is 7.89. The third kappa shape index (κ3) is 5.51. The van der Waals surface area contributed by atoms with Gasteiger partial charge >= 0.3 is 0 Å². The fourth-order valence-corrected chi connectivity index (χ4v) is 3.95. The van der Waals surface area contributed by atoms with Gasteiger partial charge in [-0.3, -0.25) is 4.79 Å². The van der Waals surface area contributed by atoms with Gasteiger partial charge in [-0.15, -0.1) is 10.2 Å². The molecule has 1 N–H and O–H groups in total. The summed E-state index contributed by atoms with van der Waals surface area (Å²) in [4.78, 5) is 12.3. The van der Waals surface area contributed by atoms with Gasteiger partial charge in [0.25, 0.3) is 0 Å². The first-order chi connectivity index (χ1) is 14.5. The lowest BCUT2D eigenvalue weighted by Gasteiger charge is -2.12. The first-order valence-electron chi connectivity index (χ1n) is 9.67. The second-order valence-electron chi connectivity index (χ2n) is 6.95. The number of aromatic nitrogens is 3. The lowest BCUT2D eigenvalue weighted by atomic mass is 10.1. The first kappa shape index (κ1) is 21.6. The van der Waals surface area contributed by atoms with Crippen LogP contribution >= 0.6 is 11.8 Å². The smallest absolute Gasteiger partial charge is 0.244 e. The van der Waals surface area contributed by atoms with Gasteiger partial charge in [-0.1, -0.05) is 48.2 Å². The summed E-state index contributed by atoms with van der Waals surface area (Å²) in [6.07, 6.45) is 3.28. The predicted molar refractivity (Wildman–Crippen MR) is 120 cm³/mol. The summed E-state index contributed by atoms with van der Waals surface area (Å²) >= 11 is 1.63. The minimum atomic E-state index is -0.261. The standard InChI is InChI=1S/C23H26N4O2S/c1-16-7-5-6-8-19(16)15-30-23-26-25-22(27(23)3)17(2)24-21(28)14-11-18-9-12-20(29-4)13-10-18/h5-14,17H,15H2,1-4H3,(H,24,28)/b14-11+/t17-/m0/s1. The van der Waals surface area contributed by atoms with Gasteiger partial charge in [0.1, 0.15) is 5.75 Å². The number of rotatable bonds is 8. The first-order valence-corrected chi connectivity index (χ1v) is 10.7. The molecule has 0 unspecified atom stereocenters. The third-order valence-electron chi connectivity index (χ3n) is 4.78. The molecule has 2 aromatic carbocycles. The Kier molecular flexibility index (Phi) is 7.30. The number of thioether (sulfide) groups is 1. The van der Waals surface area contributed by atoms with E-state index in [2.05, 4.69) is 34.6 Å². The van der Waals surface area contributed by atoms with Crippen molar-refractivity contribution in [1.82, 2.24) is 20.1 Å². The van der Waals surface area contributed by atoms with E-state index in [4.69, 9.17) is 4.74 Å². The van der Waals surface area contributed by atoms with E-state index in [1.54, 1.807) is 24.9 Å². The summed E-state index contributed by atoms with van der Waals surface area (Å²) < 4.78 is 7.07. The number of carbonyl (C=O) groups is 1. The summed E-state index contributed by atoms with van der Waals surface area (Å²) in [6, 6.07) is 15.6. The number of carbonyl (C=O) groups excluding carboxylic acids is 1. The van der Waals surface area contributed by atoms with Crippen LogP contribution in [0.5, 0.6) is 5.75 Å². The number of methoxy groups -OCH3 is 1. The number of nitrogens with one attached hydrogen (secondary N) is 1. The number of benzene rings is 2. The van der Waals surface area contributed by atoms with Crippen molar-refractivity contribution in [2.45, 2.75) is 30.8 Å². The summed E-state index contributed by atoms with van der Waals surface area (Å²) in [7, 11) is 3.55. The average Bonchev–Trinajstić information content (AvgIpc) is 3.12. The fourth-order valence-electron chi connectivity index (χ4n) is 2.96. The molecule has 0 radical (unpaired) electrons. The second kappa shape index (κ2) is 10.1. The highest BCUT2D eigenvalue weighted by atomic mass is 32.2. The van der Waals surface area contributed by atoms with Gasteiger partial charge in [0.15, 0.2) is 11.0 Å². The van der Waals surface area contributed by atoms with Crippen LogP contribution in [0.25, 0.3) is 6.08 Å². The van der Waals surface area contributed by atoms with E-state index in [0.717, 1.165) is 22.2 Å². The molecule has 0 saturated carbocycles. The summed E-state index contributed by atoms with van der Waals surface area (Å²) in [5, 5.41) is 12.3. The Balaban J connectivity index is 1.58. The van der Waals surface area contributed by atoms with E-state index < -0.39 is 0 Å². The predicted octanol–water partition coefficient (Wildman–Crippen LogP) is 4.32. The fraction of sp³-hybridized carbons (Fsp3) is 0.261. The van der Waals surface area contributed by atoms with Crippen LogP contribution in [0.1, 0.15) is 35.5 Å². The van der Waals surface area contributed by atoms with Crippen molar-refractivity contribution in [3.05, 3.63) is 77.1 Å². The molecule has 7 heteroatoms. The molecule has 156 valence electrons. The van der Waals surface area contributed by atoms with E-state index >= 15 is 0 Å². The zero-order chi connectivity index (χ0) is 21.5. The SMILES string of the molecule is COc1ccc(/C=C/C(=O)N[C@@H](C)c2nnc(SCc3ccccc3C)n2C)cc1. The molecule has 1 atom stereocenters. The zero-order valence-corrected chi connectivity index (χ0v) is 18.4. The Morgan fingerprint density at radius 3 is 2.63 bits per heavy atom. The van der Waals surface area contributed by atoms with E-state index in [0.29, 0.717) is 5.82 Å². The molecular weight excluding hydrogens is 396 g/mol. The Labute approximate surface area is 181 Å². The molecule has 3 aromatic rings. The van der Waals surface area contributed by atoms with Crippen LogP contribution in [-0.2, 0) is 17.6 Å². The highest BCUT2D eigenvalue weighted by Gasteiger charge is 2.17. The zero-order valence-electron chi connectivity index (χ0n) is 17.6. The van der Waals surface area contributed by atoms with E-state index in [1.165, 1.54) is 17.2 Å². The number of aryl methyl sites for hydroxylation is 1. The van der Waals surface area contributed by atoms with Crippen molar-refractivity contribution in [3.63, 3.8) is 0 Å². The molecule has 0 saturated heterocycles. The van der Waals surface area contributed by atoms with Crippen molar-refractivity contribution >= 4 is 23.7 Å². The Morgan fingerprint density at radius 2 is 1.93 bits per heavy atom.